The van der Waals surface area contributed by atoms with Crippen LogP contribution in [0.2, 0.25) is 0 Å². The zero-order valence-corrected chi connectivity index (χ0v) is 21.3. The van der Waals surface area contributed by atoms with Crippen LogP contribution in [0.4, 0.5) is 11.5 Å². The normalized spacial score (nSPS) is 17.0. The quantitative estimate of drug-likeness (QED) is 0.652. The predicted octanol–water partition coefficient (Wildman–Crippen LogP) is 5.09. The fourth-order valence-electron chi connectivity index (χ4n) is 4.21. The number of rotatable bonds is 6. The van der Waals surface area contributed by atoms with Crippen LogP contribution in [0.15, 0.2) is 24.5 Å². The SMILES string of the molecule is Cc1ncc(-c2ccc(N(C)C)nc2)c(N2CCC(C)(C)CC2)c1C(OC(C)(C)C)C(=O)O. The Morgan fingerprint density at radius 3 is 2.27 bits per heavy atom. The van der Waals surface area contributed by atoms with Gasteiger partial charge in [-0.05, 0) is 58.1 Å². The van der Waals surface area contributed by atoms with Gasteiger partial charge in [0, 0.05) is 62.0 Å². The number of hydrogen-bond donors (Lipinski definition) is 1. The van der Waals surface area contributed by atoms with Crippen LogP contribution in [0.25, 0.3) is 11.1 Å². The maximum absolute atomic E-state index is 12.4. The molecule has 7 heteroatoms. The Bertz CT molecular complexity index is 984. The smallest absolute Gasteiger partial charge is 0.337 e. The highest BCUT2D eigenvalue weighted by molar-refractivity contribution is 5.86. The summed E-state index contributed by atoms with van der Waals surface area (Å²) in [7, 11) is 3.91. The lowest BCUT2D eigenvalue weighted by Crippen LogP contribution is -2.39. The third kappa shape index (κ3) is 5.82. The van der Waals surface area contributed by atoms with Gasteiger partial charge in [-0.3, -0.25) is 4.98 Å². The minimum Gasteiger partial charge on any atom is -0.479 e. The molecule has 0 bridgehead atoms. The second kappa shape index (κ2) is 9.29. The van der Waals surface area contributed by atoms with Crippen LogP contribution in [0.1, 0.15) is 64.8 Å². The molecule has 2 aromatic rings. The van der Waals surface area contributed by atoms with Gasteiger partial charge in [0.25, 0.3) is 0 Å². The first-order valence-electron chi connectivity index (χ1n) is 11.6. The van der Waals surface area contributed by atoms with E-state index in [-0.39, 0.29) is 5.41 Å². The molecular weight excluding hydrogens is 416 g/mol. The Hall–Kier alpha value is -2.67. The molecule has 33 heavy (non-hydrogen) atoms. The molecule has 1 atom stereocenters. The molecule has 1 fully saturated rings. The number of aromatic nitrogens is 2. The number of ether oxygens (including phenoxy) is 1. The Morgan fingerprint density at radius 1 is 1.15 bits per heavy atom. The summed E-state index contributed by atoms with van der Waals surface area (Å²) < 4.78 is 6.09. The number of aryl methyl sites for hydroxylation is 1. The van der Waals surface area contributed by atoms with Crippen molar-refractivity contribution < 1.29 is 14.6 Å². The van der Waals surface area contributed by atoms with Gasteiger partial charge in [0.05, 0.1) is 11.3 Å². The van der Waals surface area contributed by atoms with Crippen molar-refractivity contribution in [3.63, 3.8) is 0 Å². The molecule has 1 unspecified atom stereocenters. The van der Waals surface area contributed by atoms with Gasteiger partial charge in [-0.2, -0.15) is 0 Å². The Balaban J connectivity index is 2.21. The molecule has 180 valence electrons. The average Bonchev–Trinajstić information content (AvgIpc) is 2.71. The van der Waals surface area contributed by atoms with E-state index in [1.54, 1.807) is 0 Å². The first kappa shape index (κ1) is 25.0. The van der Waals surface area contributed by atoms with Gasteiger partial charge in [-0.25, -0.2) is 9.78 Å². The van der Waals surface area contributed by atoms with Crippen molar-refractivity contribution in [1.82, 2.24) is 9.97 Å². The van der Waals surface area contributed by atoms with Gasteiger partial charge in [-0.15, -0.1) is 0 Å². The number of hydrogen-bond acceptors (Lipinski definition) is 6. The van der Waals surface area contributed by atoms with Gasteiger partial charge in [0.15, 0.2) is 6.10 Å². The summed E-state index contributed by atoms with van der Waals surface area (Å²) in [5.74, 6) is -0.147. The molecular formula is C26H38N4O3. The van der Waals surface area contributed by atoms with Crippen molar-refractivity contribution in [2.24, 2.45) is 5.41 Å². The number of nitrogens with zero attached hydrogens (tertiary/aromatic N) is 4. The lowest BCUT2D eigenvalue weighted by Gasteiger charge is -2.41. The van der Waals surface area contributed by atoms with Crippen LogP contribution >= 0.6 is 0 Å². The summed E-state index contributed by atoms with van der Waals surface area (Å²) in [6, 6.07) is 3.99. The average molecular weight is 455 g/mol. The first-order valence-corrected chi connectivity index (χ1v) is 11.6. The summed E-state index contributed by atoms with van der Waals surface area (Å²) in [6.45, 7) is 13.8. The van der Waals surface area contributed by atoms with E-state index in [2.05, 4.69) is 28.7 Å². The predicted molar refractivity (Wildman–Crippen MR) is 133 cm³/mol. The monoisotopic (exact) mass is 454 g/mol. The molecule has 1 aliphatic rings. The second-order valence-electron chi connectivity index (χ2n) is 10.9. The molecule has 3 rings (SSSR count). The van der Waals surface area contributed by atoms with Crippen LogP contribution in [-0.4, -0.2) is 53.8 Å². The highest BCUT2D eigenvalue weighted by Crippen LogP contribution is 2.43. The third-order valence-electron chi connectivity index (χ3n) is 6.20. The van der Waals surface area contributed by atoms with Crippen molar-refractivity contribution in [2.45, 2.75) is 66.1 Å². The second-order valence-corrected chi connectivity index (χ2v) is 10.9. The molecule has 2 aromatic heterocycles. The van der Waals surface area contributed by atoms with E-state index in [0.29, 0.717) is 11.3 Å². The number of carboxylic acid groups (broad SMARTS) is 1. The minimum atomic E-state index is -1.11. The highest BCUT2D eigenvalue weighted by Gasteiger charge is 2.35. The summed E-state index contributed by atoms with van der Waals surface area (Å²) in [6.07, 6.45) is 4.63. The lowest BCUT2D eigenvalue weighted by atomic mass is 9.82. The van der Waals surface area contributed by atoms with Crippen LogP contribution < -0.4 is 9.80 Å². The number of piperidine rings is 1. The molecule has 0 saturated carbocycles. The van der Waals surface area contributed by atoms with E-state index in [1.165, 1.54) is 0 Å². The molecule has 1 saturated heterocycles. The fraction of sp³-hybridized carbons (Fsp3) is 0.577. The number of pyridine rings is 2. The Morgan fingerprint density at radius 2 is 1.79 bits per heavy atom. The molecule has 0 spiro atoms. The summed E-state index contributed by atoms with van der Waals surface area (Å²) in [5.41, 5.74) is 3.64. The van der Waals surface area contributed by atoms with Crippen LogP contribution in [0.5, 0.6) is 0 Å². The van der Waals surface area contributed by atoms with Gasteiger partial charge in [-0.1, -0.05) is 13.8 Å². The van der Waals surface area contributed by atoms with E-state index >= 15 is 0 Å². The molecule has 1 N–H and O–H groups in total. The van der Waals surface area contributed by atoms with Crippen molar-refractivity contribution in [3.05, 3.63) is 35.8 Å². The Kier molecular flexibility index (Phi) is 7.03. The maximum Gasteiger partial charge on any atom is 0.337 e. The van der Waals surface area contributed by atoms with Gasteiger partial charge >= 0.3 is 5.97 Å². The summed E-state index contributed by atoms with van der Waals surface area (Å²) >= 11 is 0. The summed E-state index contributed by atoms with van der Waals surface area (Å²) in [4.78, 5) is 25.9. The van der Waals surface area contributed by atoms with Crippen LogP contribution in [0.3, 0.4) is 0 Å². The van der Waals surface area contributed by atoms with Crippen LogP contribution in [0, 0.1) is 12.3 Å². The van der Waals surface area contributed by atoms with E-state index in [0.717, 1.165) is 48.6 Å². The van der Waals surface area contributed by atoms with Gasteiger partial charge < -0.3 is 19.6 Å². The molecule has 0 aliphatic carbocycles. The standard InChI is InChI=1S/C26H38N4O3/c1-17-21(23(24(31)32)33-25(2,3)4)22(30-13-11-26(5,6)12-14-30)19(16-27-17)18-9-10-20(28-15-18)29(7)8/h9-10,15-16,23H,11-14H2,1-8H3,(H,31,32). The third-order valence-corrected chi connectivity index (χ3v) is 6.20. The van der Waals surface area contributed by atoms with Crippen LogP contribution in [-0.2, 0) is 9.53 Å². The Labute approximate surface area is 197 Å². The van der Waals surface area contributed by atoms with Crippen molar-refractivity contribution >= 4 is 17.5 Å². The van der Waals surface area contributed by atoms with Gasteiger partial charge in [0.2, 0.25) is 0 Å². The molecule has 0 aromatic carbocycles. The van der Waals surface area contributed by atoms with E-state index in [9.17, 15) is 9.90 Å². The molecule has 0 amide bonds. The van der Waals surface area contributed by atoms with Crippen molar-refractivity contribution in [2.75, 3.05) is 37.0 Å². The first-order chi connectivity index (χ1) is 15.3. The van der Waals surface area contributed by atoms with Crippen molar-refractivity contribution in [3.8, 4) is 11.1 Å². The fourth-order valence-corrected chi connectivity index (χ4v) is 4.21. The lowest BCUT2D eigenvalue weighted by molar-refractivity contribution is -0.160. The largest absolute Gasteiger partial charge is 0.479 e. The van der Waals surface area contributed by atoms with Gasteiger partial charge in [0.1, 0.15) is 5.82 Å². The summed E-state index contributed by atoms with van der Waals surface area (Å²) in [5, 5.41) is 10.2. The zero-order chi connectivity index (χ0) is 24.6. The van der Waals surface area contributed by atoms with E-state index < -0.39 is 17.7 Å². The highest BCUT2D eigenvalue weighted by atomic mass is 16.5. The minimum absolute atomic E-state index is 0.266. The number of carboxylic acids is 1. The molecule has 3 heterocycles. The number of aliphatic carboxylic acids is 1. The molecule has 1 aliphatic heterocycles. The molecule has 7 nitrogen and oxygen atoms in total. The topological polar surface area (TPSA) is 78.8 Å². The zero-order valence-electron chi connectivity index (χ0n) is 21.3. The van der Waals surface area contributed by atoms with Crippen molar-refractivity contribution in [1.29, 1.82) is 0 Å². The maximum atomic E-state index is 12.4. The number of carbonyl (C=O) groups is 1. The van der Waals surface area contributed by atoms with E-state index in [4.69, 9.17) is 4.74 Å². The number of anilines is 2. The molecule has 0 radical (unpaired) electrons. The van der Waals surface area contributed by atoms with E-state index in [1.807, 2.05) is 71.2 Å².